The van der Waals surface area contributed by atoms with Gasteiger partial charge in [-0.3, -0.25) is 14.4 Å². The third-order valence-electron chi connectivity index (χ3n) is 4.33. The summed E-state index contributed by atoms with van der Waals surface area (Å²) in [6.07, 6.45) is 1.48. The van der Waals surface area contributed by atoms with Gasteiger partial charge in [-0.15, -0.1) is 0 Å². The molecule has 6 nitrogen and oxygen atoms in total. The van der Waals surface area contributed by atoms with Gasteiger partial charge in [-0.1, -0.05) is 23.7 Å². The Bertz CT molecular complexity index is 835. The average Bonchev–Trinajstić information content (AvgIpc) is 3.11. The minimum Gasteiger partial charge on any atom is -0.350 e. The average molecular weight is 386 g/mol. The lowest BCUT2D eigenvalue weighted by Gasteiger charge is -2.16. The Hall–Kier alpha value is -2.86. The first-order valence-corrected chi connectivity index (χ1v) is 9.10. The second-order valence-electron chi connectivity index (χ2n) is 6.28. The van der Waals surface area contributed by atoms with E-state index in [2.05, 4.69) is 10.6 Å². The Balaban J connectivity index is 1.44. The standard InChI is InChI=1S/C20H20ClN3O3/c21-16-7-5-15(6-8-16)20(27)23-13-18(25)22-12-14-3-9-17(10-4-14)24-11-1-2-19(24)26/h3-10H,1-2,11-13H2,(H,22,25)(H,23,27). The van der Waals surface area contributed by atoms with Crippen molar-refractivity contribution >= 4 is 35.0 Å². The van der Waals surface area contributed by atoms with E-state index in [1.54, 1.807) is 29.2 Å². The molecule has 1 aliphatic heterocycles. The van der Waals surface area contributed by atoms with Crippen molar-refractivity contribution in [1.29, 1.82) is 0 Å². The Morgan fingerprint density at radius 2 is 1.70 bits per heavy atom. The van der Waals surface area contributed by atoms with Gasteiger partial charge in [0, 0.05) is 35.8 Å². The van der Waals surface area contributed by atoms with Crippen molar-refractivity contribution in [3.63, 3.8) is 0 Å². The molecule has 1 heterocycles. The lowest BCUT2D eigenvalue weighted by atomic mass is 10.2. The van der Waals surface area contributed by atoms with Crippen LogP contribution in [0.4, 0.5) is 5.69 Å². The van der Waals surface area contributed by atoms with E-state index in [0.29, 0.717) is 23.6 Å². The van der Waals surface area contributed by atoms with Crippen LogP contribution in [0, 0.1) is 0 Å². The van der Waals surface area contributed by atoms with Crippen molar-refractivity contribution < 1.29 is 14.4 Å². The summed E-state index contributed by atoms with van der Waals surface area (Å²) in [5.74, 6) is -0.468. The lowest BCUT2D eigenvalue weighted by molar-refractivity contribution is -0.120. The molecule has 0 aliphatic carbocycles. The molecule has 0 bridgehead atoms. The maximum absolute atomic E-state index is 12.0. The zero-order valence-corrected chi connectivity index (χ0v) is 15.5. The summed E-state index contributed by atoms with van der Waals surface area (Å²) in [4.78, 5) is 37.4. The fourth-order valence-electron chi connectivity index (χ4n) is 2.84. The third-order valence-corrected chi connectivity index (χ3v) is 4.58. The minimum absolute atomic E-state index is 0.109. The van der Waals surface area contributed by atoms with E-state index >= 15 is 0 Å². The van der Waals surface area contributed by atoms with Crippen molar-refractivity contribution in [3.05, 3.63) is 64.7 Å². The quantitative estimate of drug-likeness (QED) is 0.802. The first-order valence-electron chi connectivity index (χ1n) is 8.73. The van der Waals surface area contributed by atoms with Crippen molar-refractivity contribution in [3.8, 4) is 0 Å². The van der Waals surface area contributed by atoms with E-state index in [9.17, 15) is 14.4 Å². The monoisotopic (exact) mass is 385 g/mol. The van der Waals surface area contributed by atoms with Crippen LogP contribution in [0.5, 0.6) is 0 Å². The van der Waals surface area contributed by atoms with Gasteiger partial charge in [0.15, 0.2) is 0 Å². The number of nitrogens with one attached hydrogen (secondary N) is 2. The van der Waals surface area contributed by atoms with Gasteiger partial charge in [-0.2, -0.15) is 0 Å². The SMILES string of the molecule is O=C(CNC(=O)c1ccc(Cl)cc1)NCc1ccc(N2CCCC2=O)cc1. The van der Waals surface area contributed by atoms with E-state index < -0.39 is 0 Å². The van der Waals surface area contributed by atoms with Gasteiger partial charge in [0.25, 0.3) is 5.91 Å². The molecule has 1 fully saturated rings. The highest BCUT2D eigenvalue weighted by Gasteiger charge is 2.21. The van der Waals surface area contributed by atoms with Crippen LogP contribution in [0.15, 0.2) is 48.5 Å². The molecule has 0 unspecified atom stereocenters. The van der Waals surface area contributed by atoms with Gasteiger partial charge >= 0.3 is 0 Å². The van der Waals surface area contributed by atoms with Gasteiger partial charge < -0.3 is 15.5 Å². The number of nitrogens with zero attached hydrogens (tertiary/aromatic N) is 1. The largest absolute Gasteiger partial charge is 0.350 e. The maximum Gasteiger partial charge on any atom is 0.251 e. The van der Waals surface area contributed by atoms with E-state index in [4.69, 9.17) is 11.6 Å². The van der Waals surface area contributed by atoms with E-state index in [-0.39, 0.29) is 24.3 Å². The third kappa shape index (κ3) is 5.08. The summed E-state index contributed by atoms with van der Waals surface area (Å²) >= 11 is 5.78. The predicted molar refractivity (Wildman–Crippen MR) is 104 cm³/mol. The van der Waals surface area contributed by atoms with E-state index in [0.717, 1.165) is 24.2 Å². The summed E-state index contributed by atoms with van der Waals surface area (Å²) in [5, 5.41) is 5.87. The number of carbonyl (C=O) groups is 3. The number of hydrogen-bond donors (Lipinski definition) is 2. The number of benzene rings is 2. The number of hydrogen-bond acceptors (Lipinski definition) is 3. The highest BCUT2D eigenvalue weighted by Crippen LogP contribution is 2.21. The second-order valence-corrected chi connectivity index (χ2v) is 6.72. The van der Waals surface area contributed by atoms with Crippen LogP contribution in [-0.4, -0.2) is 30.8 Å². The Labute approximate surface area is 162 Å². The van der Waals surface area contributed by atoms with Crippen LogP contribution in [-0.2, 0) is 16.1 Å². The van der Waals surface area contributed by atoms with Crippen LogP contribution < -0.4 is 15.5 Å². The molecule has 2 aromatic rings. The molecule has 140 valence electrons. The molecule has 0 atom stereocenters. The highest BCUT2D eigenvalue weighted by molar-refractivity contribution is 6.30. The number of anilines is 1. The summed E-state index contributed by atoms with van der Waals surface area (Å²) in [5.41, 5.74) is 2.24. The van der Waals surface area contributed by atoms with E-state index in [1.165, 1.54) is 0 Å². The van der Waals surface area contributed by atoms with Gasteiger partial charge in [0.05, 0.1) is 6.54 Å². The molecule has 7 heteroatoms. The molecule has 0 aromatic heterocycles. The van der Waals surface area contributed by atoms with Crippen LogP contribution in [0.2, 0.25) is 5.02 Å². The van der Waals surface area contributed by atoms with Gasteiger partial charge in [0.2, 0.25) is 11.8 Å². The van der Waals surface area contributed by atoms with Crippen molar-refractivity contribution in [2.24, 2.45) is 0 Å². The molecule has 0 radical (unpaired) electrons. The molecule has 1 aliphatic rings. The number of halogens is 1. The van der Waals surface area contributed by atoms with Crippen LogP contribution in [0.3, 0.4) is 0 Å². The molecule has 2 aromatic carbocycles. The van der Waals surface area contributed by atoms with Gasteiger partial charge in [-0.25, -0.2) is 0 Å². The van der Waals surface area contributed by atoms with Gasteiger partial charge in [-0.05, 0) is 48.4 Å². The molecule has 2 N–H and O–H groups in total. The molecule has 0 spiro atoms. The molecule has 27 heavy (non-hydrogen) atoms. The van der Waals surface area contributed by atoms with Crippen LogP contribution in [0.1, 0.15) is 28.8 Å². The first-order chi connectivity index (χ1) is 13.0. The fraction of sp³-hybridized carbons (Fsp3) is 0.250. The molecule has 3 rings (SSSR count). The van der Waals surface area contributed by atoms with Crippen LogP contribution >= 0.6 is 11.6 Å². The summed E-state index contributed by atoms with van der Waals surface area (Å²) < 4.78 is 0. The van der Waals surface area contributed by atoms with Crippen molar-refractivity contribution in [2.45, 2.75) is 19.4 Å². The normalized spacial score (nSPS) is 13.5. The highest BCUT2D eigenvalue weighted by atomic mass is 35.5. The fourth-order valence-corrected chi connectivity index (χ4v) is 2.97. The van der Waals surface area contributed by atoms with Crippen molar-refractivity contribution in [1.82, 2.24) is 10.6 Å². The summed E-state index contributed by atoms with van der Waals surface area (Å²) in [6.45, 7) is 0.994. The predicted octanol–water partition coefficient (Wildman–Crippen LogP) is 2.51. The molecular formula is C20H20ClN3O3. The zero-order chi connectivity index (χ0) is 19.2. The number of carbonyl (C=O) groups excluding carboxylic acids is 3. The Kier molecular flexibility index (Phi) is 6.08. The molecule has 0 saturated carbocycles. The Morgan fingerprint density at radius 1 is 1.00 bits per heavy atom. The first kappa shape index (κ1) is 18.9. The molecule has 3 amide bonds. The molecule has 1 saturated heterocycles. The zero-order valence-electron chi connectivity index (χ0n) is 14.7. The minimum atomic E-state index is -0.332. The lowest BCUT2D eigenvalue weighted by Crippen LogP contribution is -2.36. The number of amides is 3. The maximum atomic E-state index is 12.0. The Morgan fingerprint density at radius 3 is 2.33 bits per heavy atom. The topological polar surface area (TPSA) is 78.5 Å². The molecular weight excluding hydrogens is 366 g/mol. The summed E-state index contributed by atoms with van der Waals surface area (Å²) in [6, 6.07) is 14.0. The summed E-state index contributed by atoms with van der Waals surface area (Å²) in [7, 11) is 0. The van der Waals surface area contributed by atoms with Gasteiger partial charge in [0.1, 0.15) is 0 Å². The second kappa shape index (κ2) is 8.68. The van der Waals surface area contributed by atoms with Crippen LogP contribution in [0.25, 0.3) is 0 Å². The van der Waals surface area contributed by atoms with E-state index in [1.807, 2.05) is 24.3 Å². The smallest absolute Gasteiger partial charge is 0.251 e. The van der Waals surface area contributed by atoms with Crippen molar-refractivity contribution in [2.75, 3.05) is 18.0 Å². The number of rotatable bonds is 6.